The Labute approximate surface area is 88.1 Å². The van der Waals surface area contributed by atoms with Crippen LogP contribution < -0.4 is 5.32 Å². The van der Waals surface area contributed by atoms with Crippen LogP contribution in [0.3, 0.4) is 0 Å². The molecule has 0 saturated carbocycles. The Morgan fingerprint density at radius 1 is 1.40 bits per heavy atom. The van der Waals surface area contributed by atoms with Gasteiger partial charge in [0.2, 0.25) is 0 Å². The van der Waals surface area contributed by atoms with Crippen molar-refractivity contribution in [1.29, 1.82) is 0 Å². The van der Waals surface area contributed by atoms with E-state index in [4.69, 9.17) is 0 Å². The fraction of sp³-hybridized carbons (Fsp3) is 0.636. The normalized spacial score (nSPS) is 22.9. The summed E-state index contributed by atoms with van der Waals surface area (Å²) in [5.74, 6) is -2.74. The van der Waals surface area contributed by atoms with E-state index in [0.717, 1.165) is 25.8 Å². The van der Waals surface area contributed by atoms with Crippen molar-refractivity contribution in [3.8, 4) is 0 Å². The van der Waals surface area contributed by atoms with Crippen molar-refractivity contribution < 1.29 is 8.78 Å². The molecule has 0 bridgehead atoms. The van der Waals surface area contributed by atoms with Crippen molar-refractivity contribution in [1.82, 2.24) is 10.3 Å². The molecule has 1 fully saturated rings. The molecule has 0 radical (unpaired) electrons. The number of H-pyrrole nitrogens is 1. The third-order valence-electron chi connectivity index (χ3n) is 2.91. The minimum atomic E-state index is -2.74. The van der Waals surface area contributed by atoms with E-state index >= 15 is 0 Å². The number of rotatable bonds is 3. The topological polar surface area (TPSA) is 27.8 Å². The molecule has 1 saturated heterocycles. The number of nitrogens with one attached hydrogen (secondary N) is 2. The van der Waals surface area contributed by atoms with Crippen LogP contribution in [-0.2, 0) is 5.92 Å². The van der Waals surface area contributed by atoms with Crippen LogP contribution in [0, 0.1) is 0 Å². The lowest BCUT2D eigenvalue weighted by Gasteiger charge is -2.27. The minimum absolute atomic E-state index is 0.0230. The second-order valence-electron chi connectivity index (χ2n) is 4.14. The van der Waals surface area contributed by atoms with Gasteiger partial charge in [0.1, 0.15) is 0 Å². The van der Waals surface area contributed by atoms with E-state index in [-0.39, 0.29) is 18.2 Å². The molecule has 1 aromatic heterocycles. The molecule has 2 heterocycles. The molecular weight excluding hydrogens is 198 g/mol. The van der Waals surface area contributed by atoms with Gasteiger partial charge in [-0.2, -0.15) is 8.78 Å². The molecule has 1 aromatic rings. The molecule has 84 valence electrons. The third kappa shape index (κ3) is 2.56. The Kier molecular flexibility index (Phi) is 3.05. The summed E-state index contributed by atoms with van der Waals surface area (Å²) in [5.41, 5.74) is 0.0230. The summed E-state index contributed by atoms with van der Waals surface area (Å²) in [7, 11) is 0. The van der Waals surface area contributed by atoms with Crippen molar-refractivity contribution in [2.45, 2.75) is 37.6 Å². The van der Waals surface area contributed by atoms with Crippen molar-refractivity contribution in [2.24, 2.45) is 0 Å². The smallest absolute Gasteiger partial charge is 0.289 e. The number of piperidine rings is 1. The van der Waals surface area contributed by atoms with Gasteiger partial charge in [0, 0.05) is 18.7 Å². The molecular formula is C11H16F2N2. The van der Waals surface area contributed by atoms with E-state index in [1.54, 1.807) is 6.07 Å². The minimum Gasteiger partial charge on any atom is -0.360 e. The van der Waals surface area contributed by atoms with E-state index < -0.39 is 5.92 Å². The summed E-state index contributed by atoms with van der Waals surface area (Å²) in [6.07, 6.45) is 4.45. The Morgan fingerprint density at radius 2 is 2.27 bits per heavy atom. The lowest BCUT2D eigenvalue weighted by Crippen LogP contribution is -2.38. The van der Waals surface area contributed by atoms with Crippen LogP contribution in [-0.4, -0.2) is 17.6 Å². The van der Waals surface area contributed by atoms with Crippen LogP contribution >= 0.6 is 0 Å². The number of aromatic nitrogens is 1. The predicted molar refractivity (Wildman–Crippen MR) is 54.9 cm³/mol. The van der Waals surface area contributed by atoms with Crippen LogP contribution in [0.25, 0.3) is 0 Å². The van der Waals surface area contributed by atoms with Crippen LogP contribution in [0.4, 0.5) is 8.78 Å². The molecule has 1 aliphatic heterocycles. The molecule has 4 heteroatoms. The van der Waals surface area contributed by atoms with Gasteiger partial charge >= 0.3 is 0 Å². The number of hydrogen-bond donors (Lipinski definition) is 2. The molecule has 2 nitrogen and oxygen atoms in total. The summed E-state index contributed by atoms with van der Waals surface area (Å²) in [6.45, 7) is 0.867. The zero-order chi connectivity index (χ0) is 10.7. The maximum atomic E-state index is 13.7. The van der Waals surface area contributed by atoms with Gasteiger partial charge in [0.05, 0.1) is 5.69 Å². The quantitative estimate of drug-likeness (QED) is 0.795. The third-order valence-corrected chi connectivity index (χ3v) is 2.91. The SMILES string of the molecule is FC(F)(CC1CCCCN1)c1ccc[nH]1. The van der Waals surface area contributed by atoms with Crippen LogP contribution in [0.5, 0.6) is 0 Å². The first-order chi connectivity index (χ1) is 7.18. The number of hydrogen-bond acceptors (Lipinski definition) is 1. The van der Waals surface area contributed by atoms with E-state index in [1.165, 1.54) is 12.3 Å². The number of alkyl halides is 2. The molecule has 15 heavy (non-hydrogen) atoms. The Hall–Kier alpha value is -0.900. The van der Waals surface area contributed by atoms with E-state index in [2.05, 4.69) is 10.3 Å². The molecule has 0 aliphatic carbocycles. The maximum absolute atomic E-state index is 13.7. The average molecular weight is 214 g/mol. The molecule has 0 aromatic carbocycles. The molecule has 1 atom stereocenters. The van der Waals surface area contributed by atoms with Crippen molar-refractivity contribution in [3.05, 3.63) is 24.0 Å². The highest BCUT2D eigenvalue weighted by Crippen LogP contribution is 2.33. The maximum Gasteiger partial charge on any atom is 0.289 e. The molecule has 1 unspecified atom stereocenters. The summed E-state index contributed by atoms with van der Waals surface area (Å²) < 4.78 is 27.4. The van der Waals surface area contributed by atoms with Gasteiger partial charge in [-0.05, 0) is 31.5 Å². The van der Waals surface area contributed by atoms with Crippen molar-refractivity contribution in [2.75, 3.05) is 6.54 Å². The molecule has 1 aliphatic rings. The van der Waals surface area contributed by atoms with Crippen LogP contribution in [0.2, 0.25) is 0 Å². The van der Waals surface area contributed by atoms with Gasteiger partial charge in [-0.1, -0.05) is 6.42 Å². The summed E-state index contributed by atoms with van der Waals surface area (Å²) in [5, 5.41) is 3.14. The summed E-state index contributed by atoms with van der Waals surface area (Å²) in [6, 6.07) is 3.01. The highest BCUT2D eigenvalue weighted by atomic mass is 19.3. The number of halogens is 2. The monoisotopic (exact) mass is 214 g/mol. The van der Waals surface area contributed by atoms with Crippen LogP contribution in [0.15, 0.2) is 18.3 Å². The molecule has 2 rings (SSSR count). The highest BCUT2D eigenvalue weighted by Gasteiger charge is 2.35. The zero-order valence-corrected chi connectivity index (χ0v) is 8.60. The summed E-state index contributed by atoms with van der Waals surface area (Å²) in [4.78, 5) is 2.59. The van der Waals surface area contributed by atoms with Gasteiger partial charge < -0.3 is 10.3 Å². The van der Waals surface area contributed by atoms with Gasteiger partial charge in [-0.15, -0.1) is 0 Å². The first-order valence-corrected chi connectivity index (χ1v) is 5.43. The Bertz CT molecular complexity index is 290. The van der Waals surface area contributed by atoms with E-state index in [1.807, 2.05) is 0 Å². The van der Waals surface area contributed by atoms with Gasteiger partial charge in [0.15, 0.2) is 0 Å². The average Bonchev–Trinajstić information content (AvgIpc) is 2.71. The Balaban J connectivity index is 1.97. The van der Waals surface area contributed by atoms with Gasteiger partial charge in [-0.25, -0.2) is 0 Å². The van der Waals surface area contributed by atoms with Crippen molar-refractivity contribution in [3.63, 3.8) is 0 Å². The highest BCUT2D eigenvalue weighted by molar-refractivity contribution is 5.10. The number of aromatic amines is 1. The van der Waals surface area contributed by atoms with Crippen molar-refractivity contribution >= 4 is 0 Å². The molecule has 0 amide bonds. The lowest BCUT2D eigenvalue weighted by atomic mass is 9.97. The Morgan fingerprint density at radius 3 is 2.87 bits per heavy atom. The first kappa shape index (κ1) is 10.6. The lowest BCUT2D eigenvalue weighted by molar-refractivity contribution is -0.0290. The van der Waals surface area contributed by atoms with Crippen LogP contribution in [0.1, 0.15) is 31.4 Å². The summed E-state index contributed by atoms with van der Waals surface area (Å²) >= 11 is 0. The standard InChI is InChI=1S/C11H16F2N2/c12-11(13,10-5-3-7-15-10)8-9-4-1-2-6-14-9/h3,5,7,9,14-15H,1-2,4,6,8H2. The fourth-order valence-corrected chi connectivity index (χ4v) is 2.08. The predicted octanol–water partition coefficient (Wildman–Crippen LogP) is 2.64. The first-order valence-electron chi connectivity index (χ1n) is 5.43. The van der Waals surface area contributed by atoms with E-state index in [9.17, 15) is 8.78 Å². The fourth-order valence-electron chi connectivity index (χ4n) is 2.08. The second kappa shape index (κ2) is 4.31. The van der Waals surface area contributed by atoms with Gasteiger partial charge in [0.25, 0.3) is 5.92 Å². The van der Waals surface area contributed by atoms with Gasteiger partial charge in [-0.3, -0.25) is 0 Å². The molecule has 0 spiro atoms. The largest absolute Gasteiger partial charge is 0.360 e. The van der Waals surface area contributed by atoms with E-state index in [0.29, 0.717) is 0 Å². The second-order valence-corrected chi connectivity index (χ2v) is 4.14. The molecule has 2 N–H and O–H groups in total. The zero-order valence-electron chi connectivity index (χ0n) is 8.60.